The number of nitrogens with zero attached hydrogens (tertiary/aromatic N) is 1. The number of benzene rings is 1. The Morgan fingerprint density at radius 1 is 1.07 bits per heavy atom. The van der Waals surface area contributed by atoms with Crippen molar-refractivity contribution < 1.29 is 0 Å². The monoisotopic (exact) mass is 237 g/mol. The third-order valence-electron chi connectivity index (χ3n) is 2.17. The van der Waals surface area contributed by atoms with Crippen LogP contribution in [0.25, 0.3) is 11.1 Å². The van der Waals surface area contributed by atoms with Crippen molar-refractivity contribution in [2.24, 2.45) is 0 Å². The van der Waals surface area contributed by atoms with Crippen LogP contribution in [-0.4, -0.2) is 4.98 Å². The molecular weight excluding hydrogens is 229 g/mol. The average molecular weight is 238 g/mol. The number of hydrogen-bond acceptors (Lipinski definition) is 1. The van der Waals surface area contributed by atoms with Gasteiger partial charge in [-0.25, -0.2) is 0 Å². The number of hydrogen-bond donors (Lipinski definition) is 0. The second-order valence-electron chi connectivity index (χ2n) is 3.14. The zero-order chi connectivity index (χ0) is 10.7. The van der Waals surface area contributed by atoms with Crippen molar-refractivity contribution in [2.75, 3.05) is 0 Å². The molecule has 0 atom stereocenters. The lowest BCUT2D eigenvalue weighted by atomic mass is 10.1. The van der Waals surface area contributed by atoms with Crippen molar-refractivity contribution in [3.63, 3.8) is 0 Å². The maximum absolute atomic E-state index is 5.83. The van der Waals surface area contributed by atoms with Gasteiger partial charge in [-0.2, -0.15) is 0 Å². The summed E-state index contributed by atoms with van der Waals surface area (Å²) in [7, 11) is 0. The van der Waals surface area contributed by atoms with Crippen LogP contribution >= 0.6 is 23.2 Å². The molecule has 0 bridgehead atoms. The first-order chi connectivity index (χ1) is 7.31. The molecule has 2 rings (SSSR count). The van der Waals surface area contributed by atoms with Crippen molar-refractivity contribution >= 4 is 23.2 Å². The Labute approximate surface area is 98.7 Å². The highest BCUT2D eigenvalue weighted by Crippen LogP contribution is 2.24. The van der Waals surface area contributed by atoms with Gasteiger partial charge in [-0.15, -0.1) is 11.6 Å². The Hall–Kier alpha value is -1.05. The van der Waals surface area contributed by atoms with Crippen molar-refractivity contribution in [2.45, 2.75) is 5.88 Å². The number of alkyl halides is 1. The second-order valence-corrected chi connectivity index (χ2v) is 3.84. The molecule has 1 heterocycles. The van der Waals surface area contributed by atoms with E-state index in [0.717, 1.165) is 21.8 Å². The van der Waals surface area contributed by atoms with E-state index in [1.807, 2.05) is 36.4 Å². The molecule has 0 aliphatic carbocycles. The van der Waals surface area contributed by atoms with Crippen LogP contribution < -0.4 is 0 Å². The molecule has 0 aliphatic rings. The quantitative estimate of drug-likeness (QED) is 0.716. The molecule has 15 heavy (non-hydrogen) atoms. The van der Waals surface area contributed by atoms with Gasteiger partial charge in [0.05, 0.1) is 11.6 Å². The van der Waals surface area contributed by atoms with Gasteiger partial charge >= 0.3 is 0 Å². The van der Waals surface area contributed by atoms with Crippen molar-refractivity contribution in [3.8, 4) is 11.1 Å². The predicted octanol–water partition coefficient (Wildman–Crippen LogP) is 4.14. The lowest BCUT2D eigenvalue weighted by molar-refractivity contribution is 1.17. The molecule has 0 radical (unpaired) electrons. The van der Waals surface area contributed by atoms with Gasteiger partial charge in [0, 0.05) is 16.8 Å². The van der Waals surface area contributed by atoms with E-state index in [1.165, 1.54) is 0 Å². The van der Waals surface area contributed by atoms with Gasteiger partial charge < -0.3 is 0 Å². The van der Waals surface area contributed by atoms with Crippen LogP contribution in [0.15, 0.2) is 42.6 Å². The smallest absolute Gasteiger partial charge is 0.0653 e. The van der Waals surface area contributed by atoms with Gasteiger partial charge in [0.2, 0.25) is 0 Å². The Morgan fingerprint density at radius 2 is 1.80 bits per heavy atom. The van der Waals surface area contributed by atoms with Gasteiger partial charge in [0.25, 0.3) is 0 Å². The molecule has 0 saturated heterocycles. The largest absolute Gasteiger partial charge is 0.259 e. The molecule has 1 aromatic carbocycles. The molecule has 0 aliphatic heterocycles. The van der Waals surface area contributed by atoms with E-state index in [-0.39, 0.29) is 0 Å². The summed E-state index contributed by atoms with van der Waals surface area (Å²) in [6.45, 7) is 0. The van der Waals surface area contributed by atoms with E-state index in [1.54, 1.807) is 6.20 Å². The summed E-state index contributed by atoms with van der Waals surface area (Å²) in [6.07, 6.45) is 1.75. The van der Waals surface area contributed by atoms with Crippen LogP contribution in [-0.2, 0) is 5.88 Å². The summed E-state index contributed by atoms with van der Waals surface area (Å²) in [5.41, 5.74) is 3.04. The first-order valence-electron chi connectivity index (χ1n) is 4.57. The summed E-state index contributed by atoms with van der Waals surface area (Å²) < 4.78 is 0. The van der Waals surface area contributed by atoms with E-state index in [2.05, 4.69) is 4.98 Å². The Kier molecular flexibility index (Phi) is 3.24. The maximum Gasteiger partial charge on any atom is 0.0653 e. The van der Waals surface area contributed by atoms with Gasteiger partial charge in [0.15, 0.2) is 0 Å². The van der Waals surface area contributed by atoms with Gasteiger partial charge in [-0.3, -0.25) is 4.98 Å². The normalized spacial score (nSPS) is 10.3. The minimum atomic E-state index is 0.415. The fourth-order valence-electron chi connectivity index (χ4n) is 1.44. The first-order valence-corrected chi connectivity index (χ1v) is 5.48. The summed E-state index contributed by atoms with van der Waals surface area (Å²) >= 11 is 11.7. The van der Waals surface area contributed by atoms with E-state index in [0.29, 0.717) is 5.88 Å². The zero-order valence-corrected chi connectivity index (χ0v) is 9.46. The summed E-state index contributed by atoms with van der Waals surface area (Å²) in [5.74, 6) is 0.415. The predicted molar refractivity (Wildman–Crippen MR) is 64.2 cm³/mol. The second kappa shape index (κ2) is 4.65. The molecular formula is C12H9Cl2N. The highest BCUT2D eigenvalue weighted by Gasteiger charge is 2.04. The molecule has 0 saturated carbocycles. The van der Waals surface area contributed by atoms with Crippen molar-refractivity contribution in [3.05, 3.63) is 53.3 Å². The minimum Gasteiger partial charge on any atom is -0.259 e. The van der Waals surface area contributed by atoms with E-state index in [4.69, 9.17) is 23.2 Å². The molecule has 3 heteroatoms. The molecule has 0 fully saturated rings. The van der Waals surface area contributed by atoms with E-state index < -0.39 is 0 Å². The zero-order valence-electron chi connectivity index (χ0n) is 7.95. The first kappa shape index (κ1) is 10.5. The average Bonchev–Trinajstić information content (AvgIpc) is 2.30. The van der Waals surface area contributed by atoms with Crippen LogP contribution in [0.4, 0.5) is 0 Å². The SMILES string of the molecule is ClCc1ncccc1-c1ccc(Cl)cc1. The fraction of sp³-hybridized carbons (Fsp3) is 0.0833. The summed E-state index contributed by atoms with van der Waals surface area (Å²) in [4.78, 5) is 4.23. The van der Waals surface area contributed by atoms with Gasteiger partial charge in [0.1, 0.15) is 0 Å². The maximum atomic E-state index is 5.83. The number of halogens is 2. The Morgan fingerprint density at radius 3 is 2.47 bits per heavy atom. The summed E-state index contributed by atoms with van der Waals surface area (Å²) in [5, 5.41) is 0.732. The number of rotatable bonds is 2. The van der Waals surface area contributed by atoms with Gasteiger partial charge in [-0.1, -0.05) is 29.8 Å². The molecule has 1 nitrogen and oxygen atoms in total. The standard InChI is InChI=1S/C12H9Cl2N/c13-8-12-11(2-1-7-15-12)9-3-5-10(14)6-4-9/h1-7H,8H2. The lowest BCUT2D eigenvalue weighted by Gasteiger charge is -2.05. The summed E-state index contributed by atoms with van der Waals surface area (Å²) in [6, 6.07) is 11.6. The van der Waals surface area contributed by atoms with Crippen LogP contribution in [0.3, 0.4) is 0 Å². The Bertz CT molecular complexity index is 451. The lowest BCUT2D eigenvalue weighted by Crippen LogP contribution is -1.89. The highest BCUT2D eigenvalue weighted by atomic mass is 35.5. The van der Waals surface area contributed by atoms with Crippen LogP contribution in [0, 0.1) is 0 Å². The highest BCUT2D eigenvalue weighted by molar-refractivity contribution is 6.30. The van der Waals surface area contributed by atoms with E-state index in [9.17, 15) is 0 Å². The van der Waals surface area contributed by atoms with E-state index >= 15 is 0 Å². The molecule has 0 spiro atoms. The topological polar surface area (TPSA) is 12.9 Å². The molecule has 0 unspecified atom stereocenters. The third-order valence-corrected chi connectivity index (χ3v) is 2.68. The number of aromatic nitrogens is 1. The molecule has 2 aromatic rings. The van der Waals surface area contributed by atoms with Crippen molar-refractivity contribution in [1.29, 1.82) is 0 Å². The van der Waals surface area contributed by atoms with Crippen LogP contribution in [0.1, 0.15) is 5.69 Å². The molecule has 1 aromatic heterocycles. The molecule has 0 amide bonds. The minimum absolute atomic E-state index is 0.415. The van der Waals surface area contributed by atoms with Gasteiger partial charge in [-0.05, 0) is 23.8 Å². The molecule has 76 valence electrons. The fourth-order valence-corrected chi connectivity index (χ4v) is 1.78. The third kappa shape index (κ3) is 2.31. The Balaban J connectivity index is 2.49. The van der Waals surface area contributed by atoms with Crippen molar-refractivity contribution in [1.82, 2.24) is 4.98 Å². The molecule has 0 N–H and O–H groups in total. The van der Waals surface area contributed by atoms with Crippen LogP contribution in [0.2, 0.25) is 5.02 Å². The van der Waals surface area contributed by atoms with Crippen LogP contribution in [0.5, 0.6) is 0 Å². The number of pyridine rings is 1.